The molecule has 2 aromatic rings. The molecule has 1 fully saturated rings. The lowest BCUT2D eigenvalue weighted by Crippen LogP contribution is -2.28. The number of amidine groups is 1. The van der Waals surface area contributed by atoms with Crippen LogP contribution in [0.5, 0.6) is 0 Å². The molecule has 0 unspecified atom stereocenters. The zero-order valence-electron chi connectivity index (χ0n) is 15.1. The van der Waals surface area contributed by atoms with Crippen molar-refractivity contribution in [3.05, 3.63) is 63.9 Å². The Morgan fingerprint density at radius 2 is 1.97 bits per heavy atom. The molecule has 2 aromatic carbocycles. The topological polar surface area (TPSA) is 82.9 Å². The standard InChI is InChI=1S/C19H15Cl2FN4O2S/c1-10(11-5-7-12(22)8-6-11)25-26-19-24-18(28)15(29-19)9-16(27)23-14-4-2-3-13(20)17(14)21/h2-8,15H,9H2,1H3,(H,23,27)(H,24,26,28)/b25-10-/t15-/m0/s1. The number of nitrogens with one attached hydrogen (secondary N) is 2. The Bertz CT molecular complexity index is 1010. The minimum Gasteiger partial charge on any atom is -0.325 e. The molecule has 1 aliphatic rings. The molecule has 2 amide bonds. The van der Waals surface area contributed by atoms with Crippen molar-refractivity contribution < 1.29 is 14.0 Å². The van der Waals surface area contributed by atoms with Crippen LogP contribution in [-0.4, -0.2) is 27.9 Å². The molecule has 3 rings (SSSR count). The number of amides is 2. The van der Waals surface area contributed by atoms with E-state index in [1.807, 2.05) is 0 Å². The lowest BCUT2D eigenvalue weighted by molar-refractivity contribution is -0.122. The van der Waals surface area contributed by atoms with Crippen LogP contribution in [0.25, 0.3) is 0 Å². The lowest BCUT2D eigenvalue weighted by atomic mass is 10.1. The number of carbonyl (C=O) groups is 2. The summed E-state index contributed by atoms with van der Waals surface area (Å²) in [6.07, 6.45) is -0.0704. The predicted molar refractivity (Wildman–Crippen MR) is 115 cm³/mol. The molecule has 0 aliphatic carbocycles. The second kappa shape index (κ2) is 9.39. The van der Waals surface area contributed by atoms with E-state index in [0.717, 1.165) is 11.8 Å². The van der Waals surface area contributed by atoms with Crippen LogP contribution >= 0.6 is 35.0 Å². The van der Waals surface area contributed by atoms with Gasteiger partial charge in [0.1, 0.15) is 11.1 Å². The summed E-state index contributed by atoms with van der Waals surface area (Å²) in [5, 5.41) is 13.5. The summed E-state index contributed by atoms with van der Waals surface area (Å²) in [5.41, 5.74) is 1.64. The molecule has 29 heavy (non-hydrogen) atoms. The van der Waals surface area contributed by atoms with E-state index >= 15 is 0 Å². The van der Waals surface area contributed by atoms with Gasteiger partial charge in [-0.05, 0) is 36.8 Å². The number of thioether (sulfide) groups is 1. The highest BCUT2D eigenvalue weighted by atomic mass is 35.5. The van der Waals surface area contributed by atoms with Crippen molar-refractivity contribution in [2.24, 2.45) is 10.2 Å². The largest absolute Gasteiger partial charge is 0.325 e. The van der Waals surface area contributed by atoms with Crippen LogP contribution in [0.1, 0.15) is 18.9 Å². The van der Waals surface area contributed by atoms with Gasteiger partial charge in [-0.2, -0.15) is 5.10 Å². The van der Waals surface area contributed by atoms with Crippen molar-refractivity contribution in [1.29, 1.82) is 0 Å². The first-order valence-corrected chi connectivity index (χ1v) is 10.1. The van der Waals surface area contributed by atoms with E-state index < -0.39 is 5.25 Å². The normalized spacial score (nSPS) is 18.1. The second-order valence-electron chi connectivity index (χ2n) is 6.05. The maximum absolute atomic E-state index is 13.0. The summed E-state index contributed by atoms with van der Waals surface area (Å²) in [4.78, 5) is 24.4. The smallest absolute Gasteiger partial charge is 0.240 e. The molecule has 0 bridgehead atoms. The third-order valence-corrected chi connectivity index (χ3v) is 5.82. The minimum atomic E-state index is -0.645. The fourth-order valence-corrected chi connectivity index (χ4v) is 3.69. The van der Waals surface area contributed by atoms with Crippen molar-refractivity contribution in [3.63, 3.8) is 0 Å². The molecular formula is C19H15Cl2FN4O2S. The van der Waals surface area contributed by atoms with Gasteiger partial charge in [-0.15, -0.1) is 5.10 Å². The molecule has 0 saturated carbocycles. The fourth-order valence-electron chi connectivity index (χ4n) is 2.43. The number of hydrogen-bond acceptors (Lipinski definition) is 5. The van der Waals surface area contributed by atoms with Gasteiger partial charge in [0.25, 0.3) is 0 Å². The molecule has 6 nitrogen and oxygen atoms in total. The van der Waals surface area contributed by atoms with E-state index in [2.05, 4.69) is 20.8 Å². The van der Waals surface area contributed by atoms with Crippen LogP contribution in [-0.2, 0) is 9.59 Å². The SMILES string of the molecule is C/C(=N/N=C1\NC(=O)[C@H](CC(=O)Nc2cccc(Cl)c2Cl)S1)c1ccc(F)cc1. The predicted octanol–water partition coefficient (Wildman–Crippen LogP) is 4.47. The third kappa shape index (κ3) is 5.56. The first kappa shape index (κ1) is 21.3. The van der Waals surface area contributed by atoms with Gasteiger partial charge in [-0.3, -0.25) is 9.59 Å². The average Bonchev–Trinajstić information content (AvgIpc) is 3.03. The monoisotopic (exact) mass is 452 g/mol. The van der Waals surface area contributed by atoms with E-state index in [9.17, 15) is 14.0 Å². The number of anilines is 1. The van der Waals surface area contributed by atoms with Gasteiger partial charge in [-0.25, -0.2) is 4.39 Å². The first-order chi connectivity index (χ1) is 13.8. The number of halogens is 3. The second-order valence-corrected chi connectivity index (χ2v) is 8.02. The summed E-state index contributed by atoms with van der Waals surface area (Å²) < 4.78 is 13.0. The molecule has 0 radical (unpaired) electrons. The molecule has 1 heterocycles. The van der Waals surface area contributed by atoms with Crippen molar-refractivity contribution in [2.45, 2.75) is 18.6 Å². The molecule has 150 valence electrons. The average molecular weight is 453 g/mol. The summed E-state index contributed by atoms with van der Waals surface area (Å²) in [5.74, 6) is -1.06. The van der Waals surface area contributed by atoms with Gasteiger partial charge in [0.15, 0.2) is 5.17 Å². The summed E-state index contributed by atoms with van der Waals surface area (Å²) >= 11 is 13.1. The van der Waals surface area contributed by atoms with E-state index in [0.29, 0.717) is 22.0 Å². The highest BCUT2D eigenvalue weighted by Crippen LogP contribution is 2.30. The summed E-state index contributed by atoms with van der Waals surface area (Å²) in [6, 6.07) is 10.7. The lowest BCUT2D eigenvalue weighted by Gasteiger charge is -2.09. The molecule has 0 aromatic heterocycles. The zero-order chi connectivity index (χ0) is 21.0. The van der Waals surface area contributed by atoms with E-state index in [4.69, 9.17) is 23.2 Å². The van der Waals surface area contributed by atoms with Gasteiger partial charge in [-0.1, -0.05) is 53.2 Å². The molecule has 10 heteroatoms. The Morgan fingerprint density at radius 1 is 1.24 bits per heavy atom. The molecule has 2 N–H and O–H groups in total. The Balaban J connectivity index is 1.61. The summed E-state index contributed by atoms with van der Waals surface area (Å²) in [7, 11) is 0. The number of nitrogens with zero attached hydrogens (tertiary/aromatic N) is 2. The molecule has 1 saturated heterocycles. The first-order valence-electron chi connectivity index (χ1n) is 8.43. The van der Waals surface area contributed by atoms with Crippen LogP contribution in [0.3, 0.4) is 0 Å². The third-order valence-electron chi connectivity index (χ3n) is 3.93. The highest BCUT2D eigenvalue weighted by molar-refractivity contribution is 8.15. The molecule has 1 atom stereocenters. The van der Waals surface area contributed by atoms with Crippen LogP contribution in [0.2, 0.25) is 10.0 Å². The van der Waals surface area contributed by atoms with Gasteiger partial charge in [0.2, 0.25) is 11.8 Å². The van der Waals surface area contributed by atoms with Crippen molar-refractivity contribution in [2.75, 3.05) is 5.32 Å². The van der Waals surface area contributed by atoms with Crippen LogP contribution < -0.4 is 10.6 Å². The Kier molecular flexibility index (Phi) is 6.89. The van der Waals surface area contributed by atoms with Gasteiger partial charge in [0, 0.05) is 6.42 Å². The van der Waals surface area contributed by atoms with Crippen molar-refractivity contribution in [3.8, 4) is 0 Å². The Morgan fingerprint density at radius 3 is 2.69 bits per heavy atom. The molecular weight excluding hydrogens is 438 g/mol. The highest BCUT2D eigenvalue weighted by Gasteiger charge is 2.32. The Labute approximate surface area is 180 Å². The number of hydrogen-bond donors (Lipinski definition) is 2. The fraction of sp³-hybridized carbons (Fsp3) is 0.158. The number of carbonyl (C=O) groups excluding carboxylic acids is 2. The summed E-state index contributed by atoms with van der Waals surface area (Å²) in [6.45, 7) is 1.72. The van der Waals surface area contributed by atoms with E-state index in [1.54, 1.807) is 37.3 Å². The minimum absolute atomic E-state index is 0.0704. The zero-order valence-corrected chi connectivity index (χ0v) is 17.4. The maximum Gasteiger partial charge on any atom is 0.240 e. The number of benzene rings is 2. The van der Waals surface area contributed by atoms with Gasteiger partial charge in [0.05, 0.1) is 21.4 Å². The maximum atomic E-state index is 13.0. The quantitative estimate of drug-likeness (QED) is 0.518. The van der Waals surface area contributed by atoms with E-state index in [-0.39, 0.29) is 34.2 Å². The molecule has 1 aliphatic heterocycles. The van der Waals surface area contributed by atoms with Crippen LogP contribution in [0.15, 0.2) is 52.7 Å². The Hall–Kier alpha value is -2.42. The van der Waals surface area contributed by atoms with Crippen molar-refractivity contribution in [1.82, 2.24) is 5.32 Å². The van der Waals surface area contributed by atoms with Gasteiger partial charge < -0.3 is 10.6 Å². The number of rotatable bonds is 5. The van der Waals surface area contributed by atoms with Crippen molar-refractivity contribution >= 4 is 63.3 Å². The van der Waals surface area contributed by atoms with Crippen LogP contribution in [0, 0.1) is 5.82 Å². The molecule has 0 spiro atoms. The van der Waals surface area contributed by atoms with E-state index in [1.165, 1.54) is 12.1 Å². The van der Waals surface area contributed by atoms with Crippen LogP contribution in [0.4, 0.5) is 10.1 Å². The van der Waals surface area contributed by atoms with Gasteiger partial charge >= 0.3 is 0 Å².